The number of tetrazole rings is 1. The zero-order valence-corrected chi connectivity index (χ0v) is 39.7. The molecule has 22 heteroatoms. The van der Waals surface area contributed by atoms with Gasteiger partial charge in [0.1, 0.15) is 12.2 Å². The van der Waals surface area contributed by atoms with Crippen molar-refractivity contribution in [2.24, 2.45) is 17.6 Å². The van der Waals surface area contributed by atoms with Gasteiger partial charge in [-0.2, -0.15) is 4.80 Å². The van der Waals surface area contributed by atoms with Crippen LogP contribution in [0.5, 0.6) is 0 Å². The fourth-order valence-electron chi connectivity index (χ4n) is 8.20. The van der Waals surface area contributed by atoms with E-state index in [0.29, 0.717) is 0 Å². The summed E-state index contributed by atoms with van der Waals surface area (Å²) in [5.41, 5.74) is 6.01. The Morgan fingerprint density at radius 1 is 0.771 bits per heavy atom. The predicted octanol–water partition coefficient (Wildman–Crippen LogP) is -1.20. The van der Waals surface area contributed by atoms with E-state index in [1.807, 2.05) is 37.3 Å². The van der Waals surface area contributed by atoms with E-state index in [9.17, 15) is 60.7 Å². The summed E-state index contributed by atoms with van der Waals surface area (Å²) in [6.07, 6.45) is 6.61. The molecule has 0 aliphatic carbocycles. The van der Waals surface area contributed by atoms with Crippen LogP contribution in [0, 0.1) is 11.8 Å². The molecule has 17 atom stereocenters. The number of esters is 1. The summed E-state index contributed by atoms with van der Waals surface area (Å²) in [6.45, 7) is 3.35. The molecule has 2 fully saturated rings. The normalized spacial score (nSPS) is 40.9. The lowest BCUT2D eigenvalue weighted by atomic mass is 9.82. The third kappa shape index (κ3) is 20.4. The van der Waals surface area contributed by atoms with E-state index in [4.69, 9.17) is 24.7 Å². The first-order valence-corrected chi connectivity index (χ1v) is 23.8. The molecule has 1 aromatic heterocycles. The molecule has 22 nitrogen and oxygen atoms in total. The number of nitrogens with zero attached hydrogens (tertiary/aromatic N) is 4. The number of cyclic esters (lactones) is 1. The number of fused-ring (bicyclic) bond motifs is 2. The number of hydrogen-bond acceptors (Lipinski definition) is 20. The van der Waals surface area contributed by atoms with Crippen LogP contribution in [0.4, 0.5) is 0 Å². The largest absolute Gasteiger partial charge is 0.462 e. The summed E-state index contributed by atoms with van der Waals surface area (Å²) in [5.74, 6) is -5.28. The maximum Gasteiger partial charge on any atom is 0.308 e. The lowest BCUT2D eigenvalue weighted by molar-refractivity contribution is -0.304. The average molecular weight is 991 g/mol. The first-order valence-electron chi connectivity index (χ1n) is 23.8. The summed E-state index contributed by atoms with van der Waals surface area (Å²) in [7, 11) is 0. The molecule has 3 aliphatic heterocycles. The number of amides is 1. The van der Waals surface area contributed by atoms with Gasteiger partial charge in [-0.05, 0) is 31.4 Å². The number of nitrogens with two attached hydrogens (primary N) is 1. The minimum absolute atomic E-state index is 0.0202. The fraction of sp³-hybridized carbons (Fsp3) is 0.646. The Labute approximate surface area is 407 Å². The predicted molar refractivity (Wildman–Crippen MR) is 251 cm³/mol. The Morgan fingerprint density at radius 3 is 2.06 bits per heavy atom. The summed E-state index contributed by atoms with van der Waals surface area (Å²) in [5, 5.41) is 123. The number of ether oxygens (including phenoxy) is 4. The minimum Gasteiger partial charge on any atom is -0.462 e. The molecule has 0 spiro atoms. The van der Waals surface area contributed by atoms with Crippen molar-refractivity contribution in [1.82, 2.24) is 25.5 Å². The van der Waals surface area contributed by atoms with Crippen LogP contribution in [0.25, 0.3) is 0 Å². The average Bonchev–Trinajstić information content (AvgIpc) is 3.81. The number of hydrogen-bond donors (Lipinski definition) is 12. The molecule has 2 saturated heterocycles. The van der Waals surface area contributed by atoms with Gasteiger partial charge in [0.05, 0.1) is 92.6 Å². The van der Waals surface area contributed by atoms with Crippen molar-refractivity contribution in [1.29, 1.82) is 0 Å². The molecule has 0 radical (unpaired) electrons. The second-order valence-electron chi connectivity index (χ2n) is 18.2. The number of nitrogens with one attached hydrogen (secondary N) is 1. The zero-order chi connectivity index (χ0) is 51.2. The van der Waals surface area contributed by atoms with Crippen molar-refractivity contribution < 1.29 is 79.6 Å². The van der Waals surface area contributed by atoms with Crippen LogP contribution in [0.3, 0.4) is 0 Å². The van der Waals surface area contributed by atoms with E-state index >= 15 is 0 Å². The summed E-state index contributed by atoms with van der Waals surface area (Å²) in [6, 6.07) is -1.12. The smallest absolute Gasteiger partial charge is 0.308 e. The Hall–Kier alpha value is -4.37. The first kappa shape index (κ1) is 58.2. The number of carbonyl (C=O) groups is 2. The Morgan fingerprint density at radius 2 is 1.41 bits per heavy atom. The third-order valence-electron chi connectivity index (χ3n) is 12.1. The van der Waals surface area contributed by atoms with Gasteiger partial charge >= 0.3 is 5.97 Å². The quantitative estimate of drug-likeness (QED) is 0.149. The molecule has 7 unspecified atom stereocenters. The number of allylic oxidation sites excluding steroid dienone is 12. The fourth-order valence-corrected chi connectivity index (χ4v) is 8.20. The van der Waals surface area contributed by atoms with Crippen molar-refractivity contribution in [2.45, 2.75) is 170 Å². The summed E-state index contributed by atoms with van der Waals surface area (Å²) in [4.78, 5) is 27.6. The van der Waals surface area contributed by atoms with Crippen molar-refractivity contribution in [2.75, 3.05) is 13.2 Å². The molecule has 13 N–H and O–H groups in total. The lowest BCUT2D eigenvalue weighted by Gasteiger charge is -2.45. The van der Waals surface area contributed by atoms with Gasteiger partial charge in [0.25, 0.3) is 0 Å². The van der Waals surface area contributed by atoms with Gasteiger partial charge in [-0.3, -0.25) is 9.59 Å². The number of rotatable bonds is 6. The minimum atomic E-state index is -2.29. The topological polar surface area (TPSA) is 355 Å². The van der Waals surface area contributed by atoms with E-state index in [2.05, 4.69) is 20.7 Å². The summed E-state index contributed by atoms with van der Waals surface area (Å²) >= 11 is 0. The highest BCUT2D eigenvalue weighted by Crippen LogP contribution is 2.38. The molecule has 0 saturated carbocycles. The second-order valence-corrected chi connectivity index (χ2v) is 18.2. The SMILES string of the molecule is C[C@H]1C[C@H](O)[C@@H](C)/C=C/C=C/C=C/C=C/C=C/C=C/C=C/C(O[C@@H]2OC[C@@H](O)[C@H](N)[C@@H]2O)C[C@@H]2OC(O)(CC(O)CC(O)C(O)CCC(O)CC(O)CC(=O)O1)C[C@H](O)[C@H]2C(=O)NCCn1ncnn1. The van der Waals surface area contributed by atoms with Crippen LogP contribution in [0.15, 0.2) is 91.4 Å². The highest BCUT2D eigenvalue weighted by atomic mass is 16.7. The molecule has 4 heterocycles. The molecular weight excluding hydrogens is 917 g/mol. The number of aromatic nitrogens is 4. The van der Waals surface area contributed by atoms with Crippen LogP contribution in [0.2, 0.25) is 0 Å². The second kappa shape index (κ2) is 29.8. The molecule has 70 heavy (non-hydrogen) atoms. The van der Waals surface area contributed by atoms with Crippen molar-refractivity contribution in [3.05, 3.63) is 91.4 Å². The highest BCUT2D eigenvalue weighted by Gasteiger charge is 2.50. The van der Waals surface area contributed by atoms with Crippen LogP contribution in [-0.4, -0.2) is 188 Å². The molecule has 4 rings (SSSR count). The molecule has 1 amide bonds. The van der Waals surface area contributed by atoms with Gasteiger partial charge in [-0.15, -0.1) is 10.2 Å². The van der Waals surface area contributed by atoms with E-state index in [0.717, 1.165) is 0 Å². The maximum absolute atomic E-state index is 13.8. The Kier molecular flexibility index (Phi) is 24.8. The van der Waals surface area contributed by atoms with Crippen LogP contribution in [0.1, 0.15) is 71.6 Å². The lowest BCUT2D eigenvalue weighted by Crippen LogP contribution is -2.59. The van der Waals surface area contributed by atoms with Crippen LogP contribution >= 0.6 is 0 Å². The first-order chi connectivity index (χ1) is 33.3. The molecule has 392 valence electrons. The van der Waals surface area contributed by atoms with Gasteiger partial charge in [-0.1, -0.05) is 92.0 Å². The van der Waals surface area contributed by atoms with Gasteiger partial charge in [0.15, 0.2) is 18.4 Å². The van der Waals surface area contributed by atoms with Crippen molar-refractivity contribution in [3.63, 3.8) is 0 Å². The molecule has 0 aromatic carbocycles. The zero-order valence-electron chi connectivity index (χ0n) is 39.7. The van der Waals surface area contributed by atoms with Gasteiger partial charge in [0, 0.05) is 44.6 Å². The van der Waals surface area contributed by atoms with Crippen LogP contribution in [-0.2, 0) is 35.1 Å². The van der Waals surface area contributed by atoms with Gasteiger partial charge in [0.2, 0.25) is 5.91 Å². The summed E-state index contributed by atoms with van der Waals surface area (Å²) < 4.78 is 23.3. The number of carbonyl (C=O) groups excluding carboxylic acids is 2. The van der Waals surface area contributed by atoms with E-state index in [1.54, 1.807) is 61.6 Å². The van der Waals surface area contributed by atoms with Crippen molar-refractivity contribution in [3.8, 4) is 0 Å². The van der Waals surface area contributed by atoms with Gasteiger partial charge < -0.3 is 81.1 Å². The molecule has 1 aromatic rings. The van der Waals surface area contributed by atoms with E-state index in [-0.39, 0.29) is 57.7 Å². The number of aliphatic hydroxyl groups excluding tert-OH is 9. The van der Waals surface area contributed by atoms with E-state index < -0.39 is 135 Å². The molecule has 2 bridgehead atoms. The van der Waals surface area contributed by atoms with Gasteiger partial charge in [-0.25, -0.2) is 0 Å². The molecular formula is C48H74N6O16. The Bertz CT molecular complexity index is 1920. The monoisotopic (exact) mass is 991 g/mol. The standard InChI is InChI=1S/C48H74N6O16/c1-30-15-13-11-9-7-5-3-4-6-8-10-12-14-16-35(69-47-45(64)44(49)40(62)28-67-47)25-41-43(46(65)50-19-20-54-52-29-51-53-54)39(61)27-48(66,70-41)26-34(57)23-38(60)36(58)18-17-32(55)22-33(56)24-42(63)68-31(2)21-37(30)59/h3-16,29-41,43-45,47,55-62,64,66H,17-28,49H2,1-2H3,(H,50,65)/b4-3+,7-5+,8-6+,11-9+,12-10+,15-13+,16-14+/t30-,31-,32?,33?,34?,35?,36?,37-,38?,39-,40+,41-,43+,44-,45-,47-,48?/m0/s1. The third-order valence-corrected chi connectivity index (χ3v) is 12.1. The number of aliphatic hydroxyl groups is 10. The maximum atomic E-state index is 13.8. The Balaban J connectivity index is 1.57. The molecule has 3 aliphatic rings. The van der Waals surface area contributed by atoms with Crippen LogP contribution < -0.4 is 11.1 Å². The van der Waals surface area contributed by atoms with Crippen molar-refractivity contribution >= 4 is 11.9 Å². The van der Waals surface area contributed by atoms with E-state index in [1.165, 1.54) is 11.1 Å². The highest BCUT2D eigenvalue weighted by molar-refractivity contribution is 5.80.